The van der Waals surface area contributed by atoms with Gasteiger partial charge in [-0.15, -0.1) is 0 Å². The molecule has 0 spiro atoms. The average Bonchev–Trinajstić information content (AvgIpc) is 2.58. The van der Waals surface area contributed by atoms with Gasteiger partial charge in [0.1, 0.15) is 6.54 Å². The summed E-state index contributed by atoms with van der Waals surface area (Å²) in [5.74, 6) is -0.571. The van der Waals surface area contributed by atoms with E-state index in [0.717, 1.165) is 46.0 Å². The van der Waals surface area contributed by atoms with E-state index in [-0.39, 0.29) is 11.7 Å². The van der Waals surface area contributed by atoms with E-state index in [0.29, 0.717) is 0 Å². The standard InChI is InChI=1S/C19H21F3N2O3S/c1-13-4-6-15(7-5-13)14(2)23-18(25)12-24(28(3,26)27)17-10-8-16(9-11-17)19(20,21)22/h4-11,14H,12H2,1-3H3,(H,23,25)/t14-/m0/s1. The van der Waals surface area contributed by atoms with Gasteiger partial charge in [0.25, 0.3) is 0 Å². The van der Waals surface area contributed by atoms with E-state index in [9.17, 15) is 26.4 Å². The van der Waals surface area contributed by atoms with Gasteiger partial charge in [-0.3, -0.25) is 9.10 Å². The van der Waals surface area contributed by atoms with Crippen LogP contribution in [0.2, 0.25) is 0 Å². The third-order valence-electron chi connectivity index (χ3n) is 4.13. The van der Waals surface area contributed by atoms with Gasteiger partial charge in [0.2, 0.25) is 15.9 Å². The molecule has 0 aliphatic rings. The van der Waals surface area contributed by atoms with Gasteiger partial charge in [0.15, 0.2) is 0 Å². The Bertz CT molecular complexity index is 924. The first-order valence-electron chi connectivity index (χ1n) is 8.39. The number of nitrogens with one attached hydrogen (secondary N) is 1. The summed E-state index contributed by atoms with van der Waals surface area (Å²) in [6, 6.07) is 10.7. The highest BCUT2D eigenvalue weighted by Gasteiger charge is 2.31. The molecule has 5 nitrogen and oxygen atoms in total. The Labute approximate surface area is 162 Å². The molecule has 1 atom stereocenters. The number of alkyl halides is 3. The van der Waals surface area contributed by atoms with Gasteiger partial charge < -0.3 is 5.32 Å². The lowest BCUT2D eigenvalue weighted by atomic mass is 10.1. The zero-order valence-corrected chi connectivity index (χ0v) is 16.4. The molecule has 0 aliphatic heterocycles. The van der Waals surface area contributed by atoms with Crippen LogP contribution in [0.3, 0.4) is 0 Å². The van der Waals surface area contributed by atoms with Crippen LogP contribution in [0, 0.1) is 6.92 Å². The maximum absolute atomic E-state index is 12.7. The molecule has 0 saturated carbocycles. The largest absolute Gasteiger partial charge is 0.416 e. The highest BCUT2D eigenvalue weighted by Crippen LogP contribution is 2.31. The molecule has 0 fully saturated rings. The first-order valence-corrected chi connectivity index (χ1v) is 10.2. The number of benzene rings is 2. The molecule has 2 rings (SSSR count). The smallest absolute Gasteiger partial charge is 0.348 e. The maximum Gasteiger partial charge on any atom is 0.416 e. The van der Waals surface area contributed by atoms with Crippen molar-refractivity contribution in [3.8, 4) is 0 Å². The van der Waals surface area contributed by atoms with E-state index in [4.69, 9.17) is 0 Å². The molecule has 28 heavy (non-hydrogen) atoms. The van der Waals surface area contributed by atoms with E-state index in [2.05, 4.69) is 5.32 Å². The third-order valence-corrected chi connectivity index (χ3v) is 5.27. The summed E-state index contributed by atoms with van der Waals surface area (Å²) in [6.07, 6.45) is -3.64. The van der Waals surface area contributed by atoms with Gasteiger partial charge in [-0.1, -0.05) is 29.8 Å². The molecular weight excluding hydrogens is 393 g/mol. The monoisotopic (exact) mass is 414 g/mol. The Balaban J connectivity index is 2.16. The zero-order chi connectivity index (χ0) is 21.1. The molecule has 0 saturated heterocycles. The van der Waals surface area contributed by atoms with Crippen molar-refractivity contribution in [3.63, 3.8) is 0 Å². The molecule has 0 radical (unpaired) electrons. The number of nitrogens with zero attached hydrogens (tertiary/aromatic N) is 1. The number of aryl methyl sites for hydroxylation is 1. The molecule has 1 N–H and O–H groups in total. The number of anilines is 1. The number of hydrogen-bond donors (Lipinski definition) is 1. The van der Waals surface area contributed by atoms with Crippen molar-refractivity contribution in [1.29, 1.82) is 0 Å². The van der Waals surface area contributed by atoms with Crippen molar-refractivity contribution in [2.45, 2.75) is 26.1 Å². The molecule has 0 aromatic heterocycles. The van der Waals surface area contributed by atoms with Crippen molar-refractivity contribution in [1.82, 2.24) is 5.32 Å². The molecule has 0 bridgehead atoms. The van der Waals surface area contributed by atoms with Gasteiger partial charge in [0.05, 0.1) is 23.5 Å². The van der Waals surface area contributed by atoms with Crippen molar-refractivity contribution in [2.75, 3.05) is 17.1 Å². The molecule has 0 unspecified atom stereocenters. The molecular formula is C19H21F3N2O3S. The van der Waals surface area contributed by atoms with Crippen LogP contribution >= 0.6 is 0 Å². The Morgan fingerprint density at radius 3 is 2.07 bits per heavy atom. The fourth-order valence-electron chi connectivity index (χ4n) is 2.57. The van der Waals surface area contributed by atoms with Crippen molar-refractivity contribution in [3.05, 3.63) is 65.2 Å². The second-order valence-corrected chi connectivity index (χ2v) is 8.42. The van der Waals surface area contributed by atoms with Gasteiger partial charge in [-0.05, 0) is 43.7 Å². The van der Waals surface area contributed by atoms with Crippen molar-refractivity contribution >= 4 is 21.6 Å². The highest BCUT2D eigenvalue weighted by atomic mass is 32.2. The summed E-state index contributed by atoms with van der Waals surface area (Å²) in [4.78, 5) is 12.4. The first kappa shape index (κ1) is 21.7. The topological polar surface area (TPSA) is 66.5 Å². The Kier molecular flexibility index (Phi) is 6.38. The molecule has 1 amide bonds. The van der Waals surface area contributed by atoms with E-state index in [1.54, 1.807) is 6.92 Å². The van der Waals surface area contributed by atoms with Crippen molar-refractivity contribution < 1.29 is 26.4 Å². The lowest BCUT2D eigenvalue weighted by molar-refractivity contribution is -0.137. The highest BCUT2D eigenvalue weighted by molar-refractivity contribution is 7.92. The Hall–Kier alpha value is -2.55. The van der Waals surface area contributed by atoms with E-state index in [1.165, 1.54) is 0 Å². The Morgan fingerprint density at radius 2 is 1.61 bits per heavy atom. The number of sulfonamides is 1. The Morgan fingerprint density at radius 1 is 1.07 bits per heavy atom. The molecule has 2 aromatic carbocycles. The minimum Gasteiger partial charge on any atom is -0.348 e. The summed E-state index contributed by atoms with van der Waals surface area (Å²) in [5, 5.41) is 2.70. The molecule has 0 aliphatic carbocycles. The minimum absolute atomic E-state index is 0.0198. The number of rotatable bonds is 6. The number of amides is 1. The fourth-order valence-corrected chi connectivity index (χ4v) is 3.43. The minimum atomic E-state index is -4.53. The predicted octanol–water partition coefficient (Wildman–Crippen LogP) is 3.66. The lowest BCUT2D eigenvalue weighted by Gasteiger charge is -2.23. The van der Waals surface area contributed by atoms with Crippen molar-refractivity contribution in [2.24, 2.45) is 0 Å². The normalized spacial score (nSPS) is 13.1. The number of carbonyl (C=O) groups excluding carboxylic acids is 1. The summed E-state index contributed by atoms with van der Waals surface area (Å²) in [7, 11) is -3.88. The summed E-state index contributed by atoms with van der Waals surface area (Å²) in [6.45, 7) is 3.15. The van der Waals surface area contributed by atoms with Crippen LogP contribution in [0.4, 0.5) is 18.9 Å². The van der Waals surface area contributed by atoms with Crippen LogP contribution in [0.15, 0.2) is 48.5 Å². The van der Waals surface area contributed by atoms with Gasteiger partial charge in [-0.2, -0.15) is 13.2 Å². The summed E-state index contributed by atoms with van der Waals surface area (Å²) >= 11 is 0. The first-order chi connectivity index (χ1) is 12.9. The number of hydrogen-bond acceptors (Lipinski definition) is 3. The van der Waals surface area contributed by atoms with E-state index < -0.39 is 34.2 Å². The van der Waals surface area contributed by atoms with E-state index in [1.807, 2.05) is 31.2 Å². The van der Waals surface area contributed by atoms with E-state index >= 15 is 0 Å². The molecule has 0 heterocycles. The van der Waals surface area contributed by atoms with Gasteiger partial charge in [-0.25, -0.2) is 8.42 Å². The molecule has 2 aromatic rings. The second-order valence-electron chi connectivity index (χ2n) is 6.51. The van der Waals surface area contributed by atoms with Crippen LogP contribution in [0.5, 0.6) is 0 Å². The van der Waals surface area contributed by atoms with Crippen LogP contribution in [0.25, 0.3) is 0 Å². The number of carbonyl (C=O) groups is 1. The third kappa shape index (κ3) is 5.72. The fraction of sp³-hybridized carbons (Fsp3) is 0.316. The number of halogens is 3. The van der Waals surface area contributed by atoms with Crippen LogP contribution in [0.1, 0.15) is 29.7 Å². The summed E-state index contributed by atoms with van der Waals surface area (Å²) < 4.78 is 63.0. The SMILES string of the molecule is Cc1ccc([C@H](C)NC(=O)CN(c2ccc(C(F)(F)F)cc2)S(C)(=O)=O)cc1. The van der Waals surface area contributed by atoms with Crippen LogP contribution in [-0.2, 0) is 21.0 Å². The zero-order valence-electron chi connectivity index (χ0n) is 15.6. The van der Waals surface area contributed by atoms with Crippen LogP contribution < -0.4 is 9.62 Å². The predicted molar refractivity (Wildman–Crippen MR) is 101 cm³/mol. The summed E-state index contributed by atoms with van der Waals surface area (Å²) in [5.41, 5.74) is 0.989. The average molecular weight is 414 g/mol. The molecule has 152 valence electrons. The van der Waals surface area contributed by atoms with Gasteiger partial charge in [0, 0.05) is 0 Å². The van der Waals surface area contributed by atoms with Gasteiger partial charge >= 0.3 is 6.18 Å². The lowest BCUT2D eigenvalue weighted by Crippen LogP contribution is -2.41. The quantitative estimate of drug-likeness (QED) is 0.785. The molecule has 9 heteroatoms. The van der Waals surface area contributed by atoms with Crippen LogP contribution in [-0.4, -0.2) is 27.1 Å². The maximum atomic E-state index is 12.7. The second kappa shape index (κ2) is 8.22.